The highest BCUT2D eigenvalue weighted by Crippen LogP contribution is 2.36. The summed E-state index contributed by atoms with van der Waals surface area (Å²) in [6, 6.07) is 6.60. The fourth-order valence-corrected chi connectivity index (χ4v) is 4.13. The molecular weight excluding hydrogens is 558 g/mol. The third-order valence-corrected chi connectivity index (χ3v) is 7.02. The summed E-state index contributed by atoms with van der Waals surface area (Å²) in [5.41, 5.74) is -0.903. The summed E-state index contributed by atoms with van der Waals surface area (Å²) in [5.74, 6) is -1.88. The molecule has 0 spiro atoms. The maximum absolute atomic E-state index is 14.6. The first-order valence-electron chi connectivity index (χ1n) is 11.7. The van der Waals surface area contributed by atoms with E-state index in [4.69, 9.17) is 9.47 Å². The van der Waals surface area contributed by atoms with Gasteiger partial charge in [0, 0.05) is 38.3 Å². The molecule has 0 saturated carbocycles. The molecular formula is C25H27F4N5O5S. The Morgan fingerprint density at radius 1 is 1.12 bits per heavy atom. The van der Waals surface area contributed by atoms with Gasteiger partial charge in [-0.15, -0.1) is 0 Å². The monoisotopic (exact) mass is 585 g/mol. The van der Waals surface area contributed by atoms with Crippen LogP contribution in [0.4, 0.5) is 40.7 Å². The van der Waals surface area contributed by atoms with Gasteiger partial charge in [0.15, 0.2) is 5.78 Å². The molecule has 1 aromatic heterocycles. The number of aromatic nitrogens is 2. The van der Waals surface area contributed by atoms with Crippen molar-refractivity contribution in [2.45, 2.75) is 26.1 Å². The second-order valence-corrected chi connectivity index (χ2v) is 10.5. The number of carbonyl (C=O) groups excluding carboxylic acids is 1. The topological polar surface area (TPSA) is 123 Å². The van der Waals surface area contributed by atoms with Gasteiger partial charge >= 0.3 is 6.18 Å². The fourth-order valence-electron chi connectivity index (χ4n) is 3.60. The van der Waals surface area contributed by atoms with Crippen LogP contribution in [-0.4, -0.2) is 51.7 Å². The van der Waals surface area contributed by atoms with Crippen LogP contribution in [0.1, 0.15) is 34.8 Å². The van der Waals surface area contributed by atoms with Crippen molar-refractivity contribution in [2.75, 3.05) is 42.5 Å². The quantitative estimate of drug-likeness (QED) is 0.237. The molecule has 2 N–H and O–H groups in total. The average molecular weight is 586 g/mol. The van der Waals surface area contributed by atoms with Gasteiger partial charge in [-0.2, -0.15) is 18.2 Å². The smallest absolute Gasteiger partial charge is 0.421 e. The van der Waals surface area contributed by atoms with Crippen molar-refractivity contribution in [1.29, 1.82) is 0 Å². The van der Waals surface area contributed by atoms with Crippen LogP contribution in [0.15, 0.2) is 36.5 Å². The molecule has 0 amide bonds. The molecule has 0 atom stereocenters. The van der Waals surface area contributed by atoms with E-state index in [1.807, 2.05) is 0 Å². The van der Waals surface area contributed by atoms with Gasteiger partial charge in [-0.05, 0) is 17.7 Å². The Hall–Kier alpha value is -4.14. The number of nitrogens with one attached hydrogen (secondary N) is 2. The van der Waals surface area contributed by atoms with Gasteiger partial charge < -0.3 is 20.1 Å². The molecule has 10 nitrogen and oxygen atoms in total. The number of methoxy groups -OCH3 is 2. The number of sulfonamides is 1. The molecule has 15 heteroatoms. The van der Waals surface area contributed by atoms with Crippen LogP contribution in [0, 0.1) is 5.82 Å². The van der Waals surface area contributed by atoms with Crippen LogP contribution < -0.4 is 24.4 Å². The normalized spacial score (nSPS) is 11.6. The zero-order valence-corrected chi connectivity index (χ0v) is 23.0. The third kappa shape index (κ3) is 6.89. The van der Waals surface area contributed by atoms with Crippen molar-refractivity contribution in [1.82, 2.24) is 9.97 Å². The van der Waals surface area contributed by atoms with Gasteiger partial charge in [0.2, 0.25) is 16.0 Å². The Kier molecular flexibility index (Phi) is 9.07. The highest BCUT2D eigenvalue weighted by atomic mass is 32.2. The molecule has 0 aliphatic carbocycles. The Bertz CT molecular complexity index is 1520. The van der Waals surface area contributed by atoms with Gasteiger partial charge in [-0.25, -0.2) is 17.8 Å². The van der Waals surface area contributed by atoms with E-state index in [9.17, 15) is 30.8 Å². The summed E-state index contributed by atoms with van der Waals surface area (Å²) in [7, 11) is 0.255. The van der Waals surface area contributed by atoms with Gasteiger partial charge in [-0.3, -0.25) is 9.10 Å². The Morgan fingerprint density at radius 2 is 1.82 bits per heavy atom. The molecule has 0 aliphatic heterocycles. The van der Waals surface area contributed by atoms with Crippen molar-refractivity contribution in [2.24, 2.45) is 0 Å². The van der Waals surface area contributed by atoms with Crippen molar-refractivity contribution in [3.8, 4) is 11.5 Å². The van der Waals surface area contributed by atoms with E-state index in [1.54, 1.807) is 6.92 Å². The lowest BCUT2D eigenvalue weighted by atomic mass is 10.1. The molecule has 40 heavy (non-hydrogen) atoms. The molecule has 0 radical (unpaired) electrons. The number of hydrogen-bond donors (Lipinski definition) is 2. The molecule has 0 saturated heterocycles. The average Bonchev–Trinajstić information content (AvgIpc) is 2.90. The van der Waals surface area contributed by atoms with Crippen molar-refractivity contribution < 1.29 is 40.2 Å². The molecule has 3 aromatic rings. The highest BCUT2D eigenvalue weighted by molar-refractivity contribution is 7.92. The Morgan fingerprint density at radius 3 is 2.40 bits per heavy atom. The minimum Gasteiger partial charge on any atom is -0.497 e. The van der Waals surface area contributed by atoms with Gasteiger partial charge in [-0.1, -0.05) is 13.0 Å². The summed E-state index contributed by atoms with van der Waals surface area (Å²) in [6.45, 7) is 1.31. The largest absolute Gasteiger partial charge is 0.497 e. The van der Waals surface area contributed by atoms with Gasteiger partial charge in [0.05, 0.1) is 37.4 Å². The number of carbonyl (C=O) groups is 1. The van der Waals surface area contributed by atoms with Crippen LogP contribution in [0.2, 0.25) is 0 Å². The number of alkyl halides is 3. The summed E-state index contributed by atoms with van der Waals surface area (Å²) < 4.78 is 91.5. The highest BCUT2D eigenvalue weighted by Gasteiger charge is 2.35. The number of ether oxygens (including phenoxy) is 2. The summed E-state index contributed by atoms with van der Waals surface area (Å²) in [4.78, 5) is 19.6. The Labute approximate surface area is 228 Å². The van der Waals surface area contributed by atoms with E-state index < -0.39 is 39.2 Å². The molecule has 0 fully saturated rings. The molecule has 2 aromatic carbocycles. The van der Waals surface area contributed by atoms with Crippen LogP contribution >= 0.6 is 0 Å². The number of ketones is 1. The number of hydrogen-bond acceptors (Lipinski definition) is 9. The van der Waals surface area contributed by atoms with E-state index in [-0.39, 0.29) is 41.6 Å². The van der Waals surface area contributed by atoms with Crippen LogP contribution in [0.5, 0.6) is 11.5 Å². The van der Waals surface area contributed by atoms with E-state index >= 15 is 0 Å². The molecule has 0 unspecified atom stereocenters. The molecule has 3 rings (SSSR count). The Balaban J connectivity index is 2.00. The van der Waals surface area contributed by atoms with Crippen LogP contribution in [-0.2, 0) is 22.7 Å². The second kappa shape index (κ2) is 11.9. The number of halogens is 4. The minimum absolute atomic E-state index is 0.0226. The standard InChI is InChI=1S/C25H27F4N5O5S/c1-6-21(35)16-10-22(39-4)19(11-18(16)26)32-24-31-13-17(25(27,28)29)23(33-24)30-12-14-7-8-15(38-3)9-20(14)34(2)40(5,36)37/h7-11,13H,6,12H2,1-5H3,(H2,30,31,32,33). The van der Waals surface area contributed by atoms with Crippen LogP contribution in [0.25, 0.3) is 0 Å². The first kappa shape index (κ1) is 30.4. The van der Waals surface area contributed by atoms with Crippen molar-refractivity contribution in [3.63, 3.8) is 0 Å². The van der Waals surface area contributed by atoms with E-state index in [2.05, 4.69) is 20.6 Å². The number of benzene rings is 2. The lowest BCUT2D eigenvalue weighted by Crippen LogP contribution is -2.26. The van der Waals surface area contributed by atoms with E-state index in [1.165, 1.54) is 45.5 Å². The maximum Gasteiger partial charge on any atom is 0.421 e. The first-order chi connectivity index (χ1) is 18.7. The van der Waals surface area contributed by atoms with Crippen LogP contribution in [0.3, 0.4) is 0 Å². The summed E-state index contributed by atoms with van der Waals surface area (Å²) in [5, 5.41) is 5.22. The fraction of sp³-hybridized carbons (Fsp3) is 0.320. The number of anilines is 4. The molecule has 0 aliphatic rings. The maximum atomic E-state index is 14.6. The first-order valence-corrected chi connectivity index (χ1v) is 13.5. The van der Waals surface area contributed by atoms with Gasteiger partial charge in [0.1, 0.15) is 28.7 Å². The van der Waals surface area contributed by atoms with Gasteiger partial charge in [0.25, 0.3) is 0 Å². The lowest BCUT2D eigenvalue weighted by molar-refractivity contribution is -0.137. The second-order valence-electron chi connectivity index (χ2n) is 8.47. The van der Waals surface area contributed by atoms with Crippen molar-refractivity contribution in [3.05, 3.63) is 59.0 Å². The minimum atomic E-state index is -4.83. The van der Waals surface area contributed by atoms with Crippen molar-refractivity contribution >= 4 is 38.9 Å². The number of rotatable bonds is 11. The number of nitrogens with zero attached hydrogens (tertiary/aromatic N) is 3. The lowest BCUT2D eigenvalue weighted by Gasteiger charge is -2.22. The molecule has 0 bridgehead atoms. The third-order valence-electron chi connectivity index (χ3n) is 5.83. The predicted molar refractivity (Wildman–Crippen MR) is 141 cm³/mol. The molecule has 1 heterocycles. The zero-order chi connectivity index (χ0) is 29.8. The van der Waals surface area contributed by atoms with E-state index in [0.29, 0.717) is 17.5 Å². The zero-order valence-electron chi connectivity index (χ0n) is 22.2. The number of Topliss-reactive ketones (excluding diaryl/α,β-unsaturated/α-hetero) is 1. The SMILES string of the molecule is CCC(=O)c1cc(OC)c(Nc2ncc(C(F)(F)F)c(NCc3ccc(OC)cc3N(C)S(C)(=O)=O)n2)cc1F. The predicted octanol–water partition coefficient (Wildman–Crippen LogP) is 5.00. The van der Waals surface area contributed by atoms with E-state index in [0.717, 1.165) is 16.6 Å². The summed E-state index contributed by atoms with van der Waals surface area (Å²) in [6.07, 6.45) is -3.25. The summed E-state index contributed by atoms with van der Waals surface area (Å²) >= 11 is 0. The molecule has 216 valence electrons.